The minimum Gasteiger partial charge on any atom is -0.398 e. The summed E-state index contributed by atoms with van der Waals surface area (Å²) in [6.07, 6.45) is 2.01. The van der Waals surface area contributed by atoms with Crippen molar-refractivity contribution in [1.29, 1.82) is 0 Å². The van der Waals surface area contributed by atoms with Crippen LogP contribution in [0.25, 0.3) is 6.08 Å². The van der Waals surface area contributed by atoms with Crippen LogP contribution >= 0.6 is 11.8 Å². The van der Waals surface area contributed by atoms with Crippen molar-refractivity contribution in [2.45, 2.75) is 6.92 Å². The third-order valence-electron chi connectivity index (χ3n) is 1.98. The fourth-order valence-electron chi connectivity index (χ4n) is 1.13. The van der Waals surface area contributed by atoms with Gasteiger partial charge in [0.1, 0.15) is 0 Å². The third kappa shape index (κ3) is 3.95. The number of benzene rings is 1. The van der Waals surface area contributed by atoms with Crippen LogP contribution in [0.2, 0.25) is 0 Å². The van der Waals surface area contributed by atoms with E-state index in [2.05, 4.69) is 42.8 Å². The molecule has 3 heteroatoms. The van der Waals surface area contributed by atoms with Gasteiger partial charge in [0.05, 0.1) is 5.55 Å². The molecule has 0 aromatic heterocycles. The second kappa shape index (κ2) is 6.18. The molecule has 2 N–H and O–H groups in total. The minimum absolute atomic E-state index is 0.561. The van der Waals surface area contributed by atoms with Crippen LogP contribution in [0, 0.1) is 6.92 Å². The lowest BCUT2D eigenvalue weighted by Gasteiger charge is -2.03. The Balaban J connectivity index is 2.93. The lowest BCUT2D eigenvalue weighted by Crippen LogP contribution is -1.96. The van der Waals surface area contributed by atoms with E-state index in [4.69, 9.17) is 5.73 Å². The van der Waals surface area contributed by atoms with Crippen LogP contribution in [0.1, 0.15) is 11.1 Å². The molecule has 0 amide bonds. The van der Waals surface area contributed by atoms with Gasteiger partial charge < -0.3 is 5.73 Å². The number of nitrogens with zero attached hydrogens (tertiary/aromatic N) is 1. The average Bonchev–Trinajstić information content (AvgIpc) is 2.26. The summed E-state index contributed by atoms with van der Waals surface area (Å²) < 4.78 is 0. The zero-order chi connectivity index (χ0) is 12.0. The molecule has 0 heterocycles. The fraction of sp³-hybridized carbons (Fsp3) is 0.154. The highest BCUT2D eigenvalue weighted by molar-refractivity contribution is 8.15. The van der Waals surface area contributed by atoms with E-state index in [1.165, 1.54) is 17.3 Å². The summed E-state index contributed by atoms with van der Waals surface area (Å²) in [6, 6.07) is 8.26. The van der Waals surface area contributed by atoms with E-state index in [1.54, 1.807) is 12.6 Å². The van der Waals surface area contributed by atoms with Crippen molar-refractivity contribution in [2.24, 2.45) is 10.7 Å². The molecule has 1 aromatic rings. The lowest BCUT2D eigenvalue weighted by molar-refractivity contribution is 1.43. The van der Waals surface area contributed by atoms with Crippen molar-refractivity contribution in [3.63, 3.8) is 0 Å². The Bertz CT molecular complexity index is 416. The van der Waals surface area contributed by atoms with Crippen molar-refractivity contribution in [3.05, 3.63) is 52.6 Å². The predicted octanol–water partition coefficient (Wildman–Crippen LogP) is 3.20. The number of thioether (sulfide) groups is 1. The van der Waals surface area contributed by atoms with Gasteiger partial charge in [-0.1, -0.05) is 48.2 Å². The summed E-state index contributed by atoms with van der Waals surface area (Å²) in [4.78, 5) is 4.84. The van der Waals surface area contributed by atoms with Crippen molar-refractivity contribution in [1.82, 2.24) is 0 Å². The summed E-state index contributed by atoms with van der Waals surface area (Å²) in [5, 5.41) is 0. The van der Waals surface area contributed by atoms with Gasteiger partial charge in [0.25, 0.3) is 0 Å². The van der Waals surface area contributed by atoms with Gasteiger partial charge in [0, 0.05) is 17.6 Å². The van der Waals surface area contributed by atoms with Crippen LogP contribution in [-0.4, -0.2) is 12.6 Å². The molecule has 0 atom stereocenters. The highest BCUT2D eigenvalue weighted by atomic mass is 32.2. The Labute approximate surface area is 101 Å². The minimum atomic E-state index is 0.561. The normalized spacial score (nSPS) is 12.0. The first-order valence-corrected chi connectivity index (χ1v) is 5.82. The van der Waals surface area contributed by atoms with Gasteiger partial charge in [-0.2, -0.15) is 0 Å². The number of rotatable bonds is 4. The molecule has 0 aliphatic heterocycles. The maximum atomic E-state index is 5.71. The summed E-state index contributed by atoms with van der Waals surface area (Å²) in [5.74, 6) is 0. The van der Waals surface area contributed by atoms with Crippen LogP contribution in [0.4, 0.5) is 0 Å². The van der Waals surface area contributed by atoms with E-state index in [0.29, 0.717) is 5.70 Å². The number of hydrogen-bond acceptors (Lipinski definition) is 3. The maximum Gasteiger partial charge on any atom is 0.0586 e. The van der Waals surface area contributed by atoms with E-state index in [0.717, 1.165) is 10.5 Å². The molecule has 2 nitrogen and oxygen atoms in total. The van der Waals surface area contributed by atoms with Crippen molar-refractivity contribution < 1.29 is 0 Å². The highest BCUT2D eigenvalue weighted by Crippen LogP contribution is 2.21. The van der Waals surface area contributed by atoms with Gasteiger partial charge in [-0.25, -0.2) is 0 Å². The Morgan fingerprint density at radius 1 is 1.38 bits per heavy atom. The molecule has 0 saturated heterocycles. The van der Waals surface area contributed by atoms with Crippen LogP contribution in [0.5, 0.6) is 0 Å². The Kier molecular flexibility index (Phi) is 4.86. The standard InChI is InChI=1S/C13H16N2S/c1-10-4-6-12(7-5-10)8-13(11(2)14)16-9-15-3/h4-9H,2,14H2,1,3H3/b13-8+,15-9?. The first-order chi connectivity index (χ1) is 7.63. The number of nitrogens with two attached hydrogens (primary N) is 1. The van der Waals surface area contributed by atoms with Crippen LogP contribution < -0.4 is 5.73 Å². The van der Waals surface area contributed by atoms with Gasteiger partial charge >= 0.3 is 0 Å². The van der Waals surface area contributed by atoms with Gasteiger partial charge in [-0.15, -0.1) is 0 Å². The zero-order valence-corrected chi connectivity index (χ0v) is 10.4. The van der Waals surface area contributed by atoms with Crippen LogP contribution in [0.15, 0.2) is 46.4 Å². The van der Waals surface area contributed by atoms with Gasteiger partial charge in [-0.05, 0) is 18.6 Å². The Morgan fingerprint density at radius 3 is 2.50 bits per heavy atom. The van der Waals surface area contributed by atoms with Gasteiger partial charge in [0.15, 0.2) is 0 Å². The number of aliphatic imine (C=N–C) groups is 1. The van der Waals surface area contributed by atoms with Crippen LogP contribution in [0.3, 0.4) is 0 Å². The largest absolute Gasteiger partial charge is 0.398 e. The van der Waals surface area contributed by atoms with E-state index in [-0.39, 0.29) is 0 Å². The van der Waals surface area contributed by atoms with Crippen molar-refractivity contribution in [2.75, 3.05) is 7.05 Å². The molecular formula is C13H16N2S. The zero-order valence-electron chi connectivity index (χ0n) is 9.60. The SMILES string of the molecule is C=C(N)/C(=C\c1ccc(C)cc1)SC=NC. The van der Waals surface area contributed by atoms with Gasteiger partial charge in [0.2, 0.25) is 0 Å². The molecule has 1 aromatic carbocycles. The second-order valence-electron chi connectivity index (χ2n) is 3.43. The molecule has 84 valence electrons. The highest BCUT2D eigenvalue weighted by Gasteiger charge is 1.98. The molecule has 0 spiro atoms. The molecular weight excluding hydrogens is 216 g/mol. The van der Waals surface area contributed by atoms with E-state index < -0.39 is 0 Å². The molecule has 0 fully saturated rings. The first kappa shape index (κ1) is 12.6. The Hall–Kier alpha value is -1.48. The molecule has 0 radical (unpaired) electrons. The van der Waals surface area contributed by atoms with Crippen LogP contribution in [-0.2, 0) is 0 Å². The number of aryl methyl sites for hydroxylation is 1. The van der Waals surface area contributed by atoms with E-state index in [1.807, 2.05) is 6.08 Å². The monoisotopic (exact) mass is 232 g/mol. The summed E-state index contributed by atoms with van der Waals surface area (Å²) >= 11 is 1.47. The van der Waals surface area contributed by atoms with E-state index in [9.17, 15) is 0 Å². The van der Waals surface area contributed by atoms with Crippen molar-refractivity contribution >= 4 is 23.4 Å². The lowest BCUT2D eigenvalue weighted by atomic mass is 10.1. The predicted molar refractivity (Wildman–Crippen MR) is 74.5 cm³/mol. The third-order valence-corrected chi connectivity index (χ3v) is 2.93. The topological polar surface area (TPSA) is 38.4 Å². The van der Waals surface area contributed by atoms with Crippen molar-refractivity contribution in [3.8, 4) is 0 Å². The summed E-state index contributed by atoms with van der Waals surface area (Å²) in [7, 11) is 1.73. The molecule has 0 bridgehead atoms. The second-order valence-corrected chi connectivity index (χ2v) is 4.31. The number of hydrogen-bond donors (Lipinski definition) is 1. The quantitative estimate of drug-likeness (QED) is 0.492. The fourth-order valence-corrected chi connectivity index (χ4v) is 1.70. The summed E-state index contributed by atoms with van der Waals surface area (Å²) in [6.45, 7) is 5.81. The molecule has 1 rings (SSSR count). The maximum absolute atomic E-state index is 5.71. The molecule has 16 heavy (non-hydrogen) atoms. The molecule has 0 unspecified atom stereocenters. The van der Waals surface area contributed by atoms with E-state index >= 15 is 0 Å². The first-order valence-electron chi connectivity index (χ1n) is 4.94. The average molecular weight is 232 g/mol. The van der Waals surface area contributed by atoms with Gasteiger partial charge in [-0.3, -0.25) is 4.99 Å². The molecule has 0 aliphatic rings. The molecule has 0 aliphatic carbocycles. The Morgan fingerprint density at radius 2 is 2.00 bits per heavy atom. The smallest absolute Gasteiger partial charge is 0.0586 e. The summed E-state index contributed by atoms with van der Waals surface area (Å²) in [5.41, 5.74) is 10.4. The molecule has 0 saturated carbocycles.